The van der Waals surface area contributed by atoms with Crippen LogP contribution in [0.5, 0.6) is 5.75 Å². The molecule has 2 N–H and O–H groups in total. The summed E-state index contributed by atoms with van der Waals surface area (Å²) in [7, 11) is 1.55. The van der Waals surface area contributed by atoms with E-state index in [-0.39, 0.29) is 11.5 Å². The van der Waals surface area contributed by atoms with Crippen molar-refractivity contribution in [3.05, 3.63) is 120 Å². The molecule has 0 radical (unpaired) electrons. The van der Waals surface area contributed by atoms with Crippen molar-refractivity contribution in [3.63, 3.8) is 0 Å². The first-order valence-electron chi connectivity index (χ1n) is 11.5. The first-order valence-corrected chi connectivity index (χ1v) is 12.7. The highest BCUT2D eigenvalue weighted by atomic mass is 35.5. The van der Waals surface area contributed by atoms with Crippen LogP contribution in [0, 0.1) is 13.8 Å². The van der Waals surface area contributed by atoms with Gasteiger partial charge >= 0.3 is 0 Å². The number of ether oxygens (including phenoxy) is 1. The number of rotatable bonds is 7. The molecule has 1 aromatic heterocycles. The number of hydrogen-bond donors (Lipinski definition) is 1. The molecule has 36 heavy (non-hydrogen) atoms. The maximum Gasteiger partial charge on any atom is 0.193 e. The third-order valence-corrected chi connectivity index (χ3v) is 7.69. The van der Waals surface area contributed by atoms with Crippen molar-refractivity contribution < 1.29 is 4.74 Å². The van der Waals surface area contributed by atoms with E-state index in [0.29, 0.717) is 50.5 Å². The molecule has 4 aromatic rings. The normalized spacial score (nSPS) is 12.0. The third-order valence-electron chi connectivity index (χ3n) is 6.59. The predicted octanol–water partition coefficient (Wildman–Crippen LogP) is 7.39. The molecule has 0 spiro atoms. The second kappa shape index (κ2) is 11.1. The van der Waals surface area contributed by atoms with E-state index in [0.717, 1.165) is 22.5 Å². The van der Waals surface area contributed by atoms with Crippen molar-refractivity contribution in [1.29, 1.82) is 0 Å². The molecule has 0 amide bonds. The number of aromatic nitrogens is 1. The second-order valence-corrected chi connectivity index (χ2v) is 9.88. The van der Waals surface area contributed by atoms with Crippen LogP contribution in [0.2, 0.25) is 15.1 Å². The first kappa shape index (κ1) is 26.3. The third kappa shape index (κ3) is 5.05. The van der Waals surface area contributed by atoms with Gasteiger partial charge in [-0.1, -0.05) is 83.3 Å². The average Bonchev–Trinajstić information content (AvgIpc) is 2.87. The lowest BCUT2D eigenvalue weighted by Crippen LogP contribution is -2.26. The fourth-order valence-electron chi connectivity index (χ4n) is 4.56. The molecule has 4 nitrogen and oxygen atoms in total. The van der Waals surface area contributed by atoms with Crippen molar-refractivity contribution in [2.45, 2.75) is 32.9 Å². The molecule has 186 valence electrons. The standard InChI is InChI=1S/C29H27Cl3N2O2/c1-17-21(15-25(33)19-9-5-4-6-10-19)29(35)27(20-11-7-14-26(36-3)28(20)32)18(2)34(17)16-22-23(30)12-8-13-24(22)31/h4-14,25H,15-16,33H2,1-3H3. The molecule has 0 fully saturated rings. The molecule has 7 heteroatoms. The number of halogens is 3. The number of hydrogen-bond acceptors (Lipinski definition) is 3. The number of pyridine rings is 1. The Morgan fingerprint density at radius 3 is 2.14 bits per heavy atom. The van der Waals surface area contributed by atoms with E-state index in [4.69, 9.17) is 45.3 Å². The Bertz CT molecular complexity index is 1450. The van der Waals surface area contributed by atoms with E-state index >= 15 is 0 Å². The summed E-state index contributed by atoms with van der Waals surface area (Å²) in [6, 6.07) is 20.3. The summed E-state index contributed by atoms with van der Waals surface area (Å²) in [5.74, 6) is 0.497. The summed E-state index contributed by atoms with van der Waals surface area (Å²) in [6.07, 6.45) is 0.361. The Hall–Kier alpha value is -2.76. The number of methoxy groups -OCH3 is 1. The molecule has 0 aliphatic heterocycles. The molecule has 0 bridgehead atoms. The van der Waals surface area contributed by atoms with E-state index in [1.165, 1.54) is 0 Å². The first-order chi connectivity index (χ1) is 17.2. The van der Waals surface area contributed by atoms with Gasteiger partial charge in [-0.3, -0.25) is 4.79 Å². The summed E-state index contributed by atoms with van der Waals surface area (Å²) in [5, 5.41) is 1.50. The smallest absolute Gasteiger partial charge is 0.193 e. The van der Waals surface area contributed by atoms with E-state index in [2.05, 4.69) is 4.57 Å². The molecule has 0 saturated carbocycles. The van der Waals surface area contributed by atoms with E-state index < -0.39 is 0 Å². The van der Waals surface area contributed by atoms with Gasteiger partial charge in [0, 0.05) is 44.2 Å². The van der Waals surface area contributed by atoms with Crippen LogP contribution in [0.1, 0.15) is 34.1 Å². The van der Waals surface area contributed by atoms with Gasteiger partial charge in [-0.05, 0) is 44.0 Å². The van der Waals surface area contributed by atoms with E-state index in [9.17, 15) is 4.79 Å². The van der Waals surface area contributed by atoms with Gasteiger partial charge in [0.05, 0.1) is 24.2 Å². The molecule has 3 aromatic carbocycles. The number of benzene rings is 3. The van der Waals surface area contributed by atoms with Crippen molar-refractivity contribution in [2.24, 2.45) is 5.73 Å². The lowest BCUT2D eigenvalue weighted by molar-refractivity contribution is 0.415. The zero-order valence-corrected chi connectivity index (χ0v) is 22.6. The lowest BCUT2D eigenvalue weighted by atomic mass is 9.93. The van der Waals surface area contributed by atoms with Crippen LogP contribution >= 0.6 is 34.8 Å². The zero-order valence-electron chi connectivity index (χ0n) is 20.3. The fourth-order valence-corrected chi connectivity index (χ4v) is 5.38. The van der Waals surface area contributed by atoms with Gasteiger partial charge in [-0.15, -0.1) is 0 Å². The van der Waals surface area contributed by atoms with Crippen LogP contribution in [0.4, 0.5) is 0 Å². The van der Waals surface area contributed by atoms with Crippen molar-refractivity contribution >= 4 is 34.8 Å². The van der Waals surface area contributed by atoms with Crippen LogP contribution < -0.4 is 15.9 Å². The van der Waals surface area contributed by atoms with Crippen LogP contribution in [0.3, 0.4) is 0 Å². The summed E-state index contributed by atoms with van der Waals surface area (Å²) in [5.41, 5.74) is 11.5. The molecule has 4 rings (SSSR count). The van der Waals surface area contributed by atoms with Crippen LogP contribution in [-0.2, 0) is 13.0 Å². The molecule has 1 atom stereocenters. The minimum Gasteiger partial charge on any atom is -0.495 e. The van der Waals surface area contributed by atoms with Crippen molar-refractivity contribution in [2.75, 3.05) is 7.11 Å². The van der Waals surface area contributed by atoms with E-state index in [1.54, 1.807) is 13.2 Å². The van der Waals surface area contributed by atoms with Gasteiger partial charge in [-0.2, -0.15) is 0 Å². The highest BCUT2D eigenvalue weighted by Gasteiger charge is 2.23. The van der Waals surface area contributed by atoms with Gasteiger partial charge in [0.25, 0.3) is 0 Å². The monoisotopic (exact) mass is 540 g/mol. The Kier molecular flexibility index (Phi) is 8.11. The number of nitrogens with zero attached hydrogens (tertiary/aromatic N) is 1. The fraction of sp³-hybridized carbons (Fsp3) is 0.207. The number of nitrogens with two attached hydrogens (primary N) is 1. The van der Waals surface area contributed by atoms with Crippen LogP contribution in [-0.4, -0.2) is 11.7 Å². The SMILES string of the molecule is COc1cccc(-c2c(C)n(Cc3c(Cl)cccc3Cl)c(C)c(CC(N)c3ccccc3)c2=O)c1Cl. The zero-order chi connectivity index (χ0) is 26.0. The molecule has 0 saturated heterocycles. The predicted molar refractivity (Wildman–Crippen MR) is 150 cm³/mol. The minimum atomic E-state index is -0.355. The minimum absolute atomic E-state index is 0.104. The molecule has 0 aliphatic rings. The molecular weight excluding hydrogens is 515 g/mol. The Morgan fingerprint density at radius 2 is 1.50 bits per heavy atom. The van der Waals surface area contributed by atoms with Crippen molar-refractivity contribution in [3.8, 4) is 16.9 Å². The van der Waals surface area contributed by atoms with E-state index in [1.807, 2.05) is 74.5 Å². The molecular formula is C29H27Cl3N2O2. The van der Waals surface area contributed by atoms with Gasteiger partial charge in [-0.25, -0.2) is 0 Å². The lowest BCUT2D eigenvalue weighted by Gasteiger charge is -2.24. The quantitative estimate of drug-likeness (QED) is 0.265. The maximum atomic E-state index is 14.0. The molecule has 0 aliphatic carbocycles. The van der Waals surface area contributed by atoms with Gasteiger partial charge < -0.3 is 15.0 Å². The average molecular weight is 542 g/mol. The van der Waals surface area contributed by atoms with Gasteiger partial charge in [0.2, 0.25) is 0 Å². The Morgan fingerprint density at radius 1 is 0.861 bits per heavy atom. The summed E-state index contributed by atoms with van der Waals surface area (Å²) < 4.78 is 7.49. The molecule has 1 unspecified atom stereocenters. The summed E-state index contributed by atoms with van der Waals surface area (Å²) in [6.45, 7) is 4.23. The van der Waals surface area contributed by atoms with Gasteiger partial charge in [0.15, 0.2) is 5.43 Å². The van der Waals surface area contributed by atoms with Crippen molar-refractivity contribution in [1.82, 2.24) is 4.57 Å². The van der Waals surface area contributed by atoms with Gasteiger partial charge in [0.1, 0.15) is 5.75 Å². The highest BCUT2D eigenvalue weighted by molar-refractivity contribution is 6.36. The summed E-state index contributed by atoms with van der Waals surface area (Å²) >= 11 is 19.8. The maximum absolute atomic E-state index is 14.0. The molecule has 1 heterocycles. The Balaban J connectivity index is 1.96. The largest absolute Gasteiger partial charge is 0.495 e. The summed E-state index contributed by atoms with van der Waals surface area (Å²) in [4.78, 5) is 14.0. The van der Waals surface area contributed by atoms with Crippen LogP contribution in [0.25, 0.3) is 11.1 Å². The second-order valence-electron chi connectivity index (χ2n) is 8.68. The Labute approximate surface area is 226 Å². The highest BCUT2D eigenvalue weighted by Crippen LogP contribution is 2.36. The van der Waals surface area contributed by atoms with Crippen LogP contribution in [0.15, 0.2) is 71.5 Å². The topological polar surface area (TPSA) is 57.2 Å².